The average Bonchev–Trinajstić information content (AvgIpc) is 3.68. The number of aryl methyl sites for hydroxylation is 2. The first-order valence-corrected chi connectivity index (χ1v) is 19.7. The predicted octanol–water partition coefficient (Wildman–Crippen LogP) is 15.4. The van der Waals surface area contributed by atoms with Crippen LogP contribution in [0.5, 0.6) is 0 Å². The molecule has 8 aromatic carbocycles. The molecule has 0 fully saturated rings. The minimum absolute atomic E-state index is 0.000677. The van der Waals surface area contributed by atoms with Gasteiger partial charge in [-0.25, -0.2) is 0 Å². The fourth-order valence-corrected chi connectivity index (χ4v) is 10.4. The number of thiophene rings is 1. The summed E-state index contributed by atoms with van der Waals surface area (Å²) in [6.45, 7) is 9.21. The third kappa shape index (κ3) is 5.03. The highest BCUT2D eigenvalue weighted by Crippen LogP contribution is 2.50. The van der Waals surface area contributed by atoms with E-state index in [1.807, 2.05) is 11.3 Å². The third-order valence-electron chi connectivity index (χ3n) is 11.8. The Labute approximate surface area is 321 Å². The van der Waals surface area contributed by atoms with E-state index >= 15 is 0 Å². The second-order valence-electron chi connectivity index (χ2n) is 15.3. The van der Waals surface area contributed by atoms with E-state index in [0.29, 0.717) is 0 Å². The lowest BCUT2D eigenvalue weighted by atomic mass is 9.82. The smallest absolute Gasteiger partial charge is 0.0433 e. The molecule has 0 atom stereocenters. The zero-order valence-corrected chi connectivity index (χ0v) is 31.9. The number of hydrogen-bond donors (Lipinski definition) is 0. The lowest BCUT2D eigenvalue weighted by Crippen LogP contribution is -2.14. The highest BCUT2D eigenvalue weighted by Gasteiger charge is 2.35. The topological polar surface area (TPSA) is 0 Å². The van der Waals surface area contributed by atoms with Gasteiger partial charge in [0.05, 0.1) is 0 Å². The first kappa shape index (κ1) is 32.6. The van der Waals surface area contributed by atoms with Crippen molar-refractivity contribution < 1.29 is 0 Å². The van der Waals surface area contributed by atoms with E-state index in [-0.39, 0.29) is 5.41 Å². The summed E-state index contributed by atoms with van der Waals surface area (Å²) in [5.41, 5.74) is 15.6. The van der Waals surface area contributed by atoms with Crippen LogP contribution in [0.2, 0.25) is 0 Å². The molecule has 0 saturated carbocycles. The maximum absolute atomic E-state index is 2.43. The van der Waals surface area contributed by atoms with Gasteiger partial charge in [-0.15, -0.1) is 11.3 Å². The van der Waals surface area contributed by atoms with Crippen LogP contribution in [0.3, 0.4) is 0 Å². The van der Waals surface area contributed by atoms with Crippen LogP contribution in [0, 0.1) is 13.8 Å². The Morgan fingerprint density at radius 2 is 0.963 bits per heavy atom. The van der Waals surface area contributed by atoms with Crippen molar-refractivity contribution in [2.24, 2.45) is 0 Å². The van der Waals surface area contributed by atoms with Crippen LogP contribution in [0.15, 0.2) is 170 Å². The van der Waals surface area contributed by atoms with Gasteiger partial charge in [0, 0.05) is 25.6 Å². The lowest BCUT2D eigenvalue weighted by molar-refractivity contribution is 0.660. The Morgan fingerprint density at radius 3 is 1.80 bits per heavy atom. The summed E-state index contributed by atoms with van der Waals surface area (Å²) in [5, 5.41) is 7.65. The molecule has 1 aromatic heterocycles. The van der Waals surface area contributed by atoms with Gasteiger partial charge in [0.1, 0.15) is 0 Å². The number of hydrogen-bond acceptors (Lipinski definition) is 1. The molecule has 0 amide bonds. The van der Waals surface area contributed by atoms with Gasteiger partial charge in [-0.1, -0.05) is 172 Å². The molecule has 1 heteroatoms. The second kappa shape index (κ2) is 12.5. The molecule has 1 aliphatic carbocycles. The van der Waals surface area contributed by atoms with Crippen molar-refractivity contribution in [3.63, 3.8) is 0 Å². The van der Waals surface area contributed by atoms with E-state index in [2.05, 4.69) is 198 Å². The number of fused-ring (bicyclic) bond motifs is 8. The largest absolute Gasteiger partial charge is 0.135 e. The predicted molar refractivity (Wildman–Crippen MR) is 235 cm³/mol. The summed E-state index contributed by atoms with van der Waals surface area (Å²) in [6.07, 6.45) is 0. The molecule has 0 unspecified atom stereocenters. The van der Waals surface area contributed by atoms with Crippen molar-refractivity contribution in [1.82, 2.24) is 0 Å². The highest BCUT2D eigenvalue weighted by molar-refractivity contribution is 7.26. The summed E-state index contributed by atoms with van der Waals surface area (Å²) >= 11 is 1.92. The third-order valence-corrected chi connectivity index (χ3v) is 13.0. The molecule has 54 heavy (non-hydrogen) atoms. The van der Waals surface area contributed by atoms with E-state index < -0.39 is 0 Å². The van der Waals surface area contributed by atoms with Gasteiger partial charge in [0.15, 0.2) is 0 Å². The van der Waals surface area contributed by atoms with Crippen LogP contribution in [0.25, 0.3) is 86.2 Å². The minimum atomic E-state index is 0.000677. The maximum Gasteiger partial charge on any atom is 0.0433 e. The Balaban J connectivity index is 1.19. The summed E-state index contributed by atoms with van der Waals surface area (Å²) in [7, 11) is 0. The van der Waals surface area contributed by atoms with E-state index in [4.69, 9.17) is 0 Å². The molecule has 258 valence electrons. The van der Waals surface area contributed by atoms with Crippen LogP contribution in [0.4, 0.5) is 0 Å². The van der Waals surface area contributed by atoms with Gasteiger partial charge in [-0.2, -0.15) is 0 Å². The molecular formula is C53H40S. The van der Waals surface area contributed by atoms with Crippen molar-refractivity contribution in [2.75, 3.05) is 0 Å². The van der Waals surface area contributed by atoms with Crippen LogP contribution < -0.4 is 0 Å². The molecule has 1 heterocycles. The van der Waals surface area contributed by atoms with Gasteiger partial charge in [-0.05, 0) is 114 Å². The first-order valence-electron chi connectivity index (χ1n) is 18.9. The fourth-order valence-electron chi connectivity index (χ4n) is 9.16. The van der Waals surface area contributed by atoms with Gasteiger partial charge in [-0.3, -0.25) is 0 Å². The van der Waals surface area contributed by atoms with Gasteiger partial charge >= 0.3 is 0 Å². The molecule has 0 saturated heterocycles. The van der Waals surface area contributed by atoms with Crippen LogP contribution in [-0.4, -0.2) is 0 Å². The zero-order chi connectivity index (χ0) is 36.6. The molecule has 0 spiro atoms. The highest BCUT2D eigenvalue weighted by atomic mass is 32.1. The monoisotopic (exact) mass is 708 g/mol. The van der Waals surface area contributed by atoms with Gasteiger partial charge in [0.2, 0.25) is 0 Å². The van der Waals surface area contributed by atoms with E-state index in [1.165, 1.54) is 108 Å². The van der Waals surface area contributed by atoms with Crippen molar-refractivity contribution >= 4 is 53.1 Å². The summed E-state index contributed by atoms with van der Waals surface area (Å²) < 4.78 is 2.65. The average molecular weight is 709 g/mol. The van der Waals surface area contributed by atoms with Crippen LogP contribution >= 0.6 is 11.3 Å². The Hall–Kier alpha value is -6.02. The Morgan fingerprint density at radius 1 is 0.389 bits per heavy atom. The van der Waals surface area contributed by atoms with E-state index in [1.54, 1.807) is 0 Å². The van der Waals surface area contributed by atoms with Gasteiger partial charge in [0.25, 0.3) is 0 Å². The van der Waals surface area contributed by atoms with Gasteiger partial charge < -0.3 is 0 Å². The second-order valence-corrected chi connectivity index (χ2v) is 16.4. The van der Waals surface area contributed by atoms with Crippen LogP contribution in [0.1, 0.15) is 36.1 Å². The molecule has 9 aromatic rings. The normalized spacial score (nSPS) is 13.0. The fraction of sp³-hybridized carbons (Fsp3) is 0.0943. The SMILES string of the molecule is Cc1ccccc(C)c(-c2cccc3ccccc23)c2ccccc2c1-c1ccc2c(c1)sc1c(-c3ccc4c(c3)-c3ccccc3C4(C)C)cccc12. The van der Waals surface area contributed by atoms with Crippen LogP contribution in [-0.2, 0) is 5.41 Å². The first-order chi connectivity index (χ1) is 26.4. The number of rotatable bonds is 3. The summed E-state index contributed by atoms with van der Waals surface area (Å²) in [6, 6.07) is 63.3. The molecule has 0 aliphatic heterocycles. The Kier molecular flexibility index (Phi) is 7.58. The van der Waals surface area contributed by atoms with E-state index in [0.717, 1.165) is 0 Å². The van der Waals surface area contributed by atoms with E-state index in [9.17, 15) is 0 Å². The van der Waals surface area contributed by atoms with Crippen molar-refractivity contribution in [1.29, 1.82) is 0 Å². The molecule has 0 N–H and O–H groups in total. The standard InChI is InChI=1S/C53H40S/c1-33-15-5-6-16-34(2)51(42-24-13-18-35-17-7-8-19-38(35)42)44-22-10-9-21-43(44)50(33)37-27-29-41-45-25-14-23-39(52(45)54-49(41)32-37)36-28-30-48-46(31-36)40-20-11-12-26-47(40)53(48,3)4/h5-32H,1-4H3. The molecule has 1 aliphatic rings. The number of benzene rings is 7. The van der Waals surface area contributed by atoms with Crippen molar-refractivity contribution in [3.8, 4) is 44.5 Å². The quantitative estimate of drug-likeness (QED) is 0.171. The lowest BCUT2D eigenvalue weighted by Gasteiger charge is -2.21. The maximum atomic E-state index is 2.43. The molecule has 0 radical (unpaired) electrons. The molecule has 0 nitrogen and oxygen atoms in total. The summed E-state index contributed by atoms with van der Waals surface area (Å²) in [4.78, 5) is 0. The Bertz CT molecular complexity index is 3040. The van der Waals surface area contributed by atoms with Crippen molar-refractivity contribution in [2.45, 2.75) is 33.1 Å². The summed E-state index contributed by atoms with van der Waals surface area (Å²) in [5.74, 6) is 0. The molecule has 10 rings (SSSR count). The molecule has 0 bridgehead atoms. The van der Waals surface area contributed by atoms with Crippen molar-refractivity contribution in [3.05, 3.63) is 192 Å². The zero-order valence-electron chi connectivity index (χ0n) is 31.1. The minimum Gasteiger partial charge on any atom is -0.135 e. The molecular weight excluding hydrogens is 669 g/mol.